The number of hydrazone groups is 1. The van der Waals surface area contributed by atoms with Crippen molar-refractivity contribution in [2.24, 2.45) is 10.1 Å². The van der Waals surface area contributed by atoms with E-state index >= 15 is 0 Å². The van der Waals surface area contributed by atoms with Gasteiger partial charge >= 0.3 is 0 Å². The smallest absolute Gasteiger partial charge is 0.245 e. The van der Waals surface area contributed by atoms with Gasteiger partial charge < -0.3 is 15.0 Å². The molecule has 192 valence electrons. The molecule has 0 spiro atoms. The van der Waals surface area contributed by atoms with E-state index in [-0.39, 0.29) is 11.8 Å². The van der Waals surface area contributed by atoms with Gasteiger partial charge in [0.05, 0.1) is 43.2 Å². The van der Waals surface area contributed by atoms with Gasteiger partial charge in [0.2, 0.25) is 5.95 Å². The summed E-state index contributed by atoms with van der Waals surface area (Å²) in [6.07, 6.45) is 8.05. The van der Waals surface area contributed by atoms with Gasteiger partial charge in [-0.25, -0.2) is 14.8 Å². The van der Waals surface area contributed by atoms with E-state index < -0.39 is 5.82 Å². The highest BCUT2D eigenvalue weighted by atomic mass is 127. The summed E-state index contributed by atoms with van der Waals surface area (Å²) in [6, 6.07) is 9.72. The lowest BCUT2D eigenvalue weighted by Gasteiger charge is -2.27. The lowest BCUT2D eigenvalue weighted by atomic mass is 10.1. The van der Waals surface area contributed by atoms with Gasteiger partial charge in [-0.15, -0.1) is 0 Å². The molecule has 0 aliphatic carbocycles. The first-order valence-corrected chi connectivity index (χ1v) is 12.9. The number of allylic oxidation sites excluding steroid dienone is 1. The van der Waals surface area contributed by atoms with Crippen molar-refractivity contribution in [1.82, 2.24) is 15.0 Å². The summed E-state index contributed by atoms with van der Waals surface area (Å²) in [5.74, 6) is -0.0450. The van der Waals surface area contributed by atoms with Gasteiger partial charge in [-0.2, -0.15) is 10.1 Å². The summed E-state index contributed by atoms with van der Waals surface area (Å²) in [4.78, 5) is 18.4. The van der Waals surface area contributed by atoms with Crippen molar-refractivity contribution < 1.29 is 9.13 Å². The van der Waals surface area contributed by atoms with Crippen LogP contribution in [0.1, 0.15) is 16.8 Å². The standard InChI is InChI=1S/C25H25ClFIN8O/c1-29-7-6-23(28)20-5-2-17(12-21(20)26)13-30-18-3-4-19(31-14-18)15-33-35-25-32-16-22(27)24(34-25)36-8-10-37-11-9-36/h2-7,12,14-16,30H,8-11,13H2,1H3,(H,32,34,35)/b23-6-,29-7?,33-15+. The zero-order valence-electron chi connectivity index (χ0n) is 20.0. The van der Waals surface area contributed by atoms with Gasteiger partial charge in [-0.05, 0) is 52.4 Å². The average molecular weight is 635 g/mol. The van der Waals surface area contributed by atoms with Gasteiger partial charge in [0.15, 0.2) is 11.6 Å². The number of nitrogens with zero attached hydrogens (tertiary/aromatic N) is 6. The van der Waals surface area contributed by atoms with E-state index in [4.69, 9.17) is 16.3 Å². The van der Waals surface area contributed by atoms with E-state index in [1.165, 1.54) is 0 Å². The van der Waals surface area contributed by atoms with E-state index in [2.05, 4.69) is 58.4 Å². The number of benzene rings is 1. The Morgan fingerprint density at radius 3 is 2.78 bits per heavy atom. The van der Waals surface area contributed by atoms with Gasteiger partial charge in [-0.3, -0.25) is 9.98 Å². The maximum absolute atomic E-state index is 14.2. The quantitative estimate of drug-likeness (QED) is 0.193. The van der Waals surface area contributed by atoms with Crippen molar-refractivity contribution in [3.63, 3.8) is 0 Å². The Bertz CT molecular complexity index is 1300. The second-order valence-corrected chi connectivity index (χ2v) is 9.47. The Hall–Kier alpha value is -3.16. The number of ether oxygens (including phenoxy) is 1. The van der Waals surface area contributed by atoms with Crippen LogP contribution in [0.4, 0.5) is 21.8 Å². The minimum atomic E-state index is -0.479. The van der Waals surface area contributed by atoms with Crippen LogP contribution in [0.5, 0.6) is 0 Å². The highest BCUT2D eigenvalue weighted by Crippen LogP contribution is 2.29. The summed E-state index contributed by atoms with van der Waals surface area (Å²) in [6.45, 7) is 2.82. The van der Waals surface area contributed by atoms with Crippen molar-refractivity contribution in [2.75, 3.05) is 49.0 Å². The number of pyridine rings is 1. The first kappa shape index (κ1) is 26.9. The topological polar surface area (TPSA) is 99.9 Å². The molecule has 4 rings (SSSR count). The van der Waals surface area contributed by atoms with Crippen LogP contribution in [0.2, 0.25) is 5.02 Å². The number of hydrogen-bond donors (Lipinski definition) is 2. The Balaban J connectivity index is 1.31. The molecule has 0 amide bonds. The number of rotatable bonds is 9. The van der Waals surface area contributed by atoms with Crippen molar-refractivity contribution in [1.29, 1.82) is 0 Å². The van der Waals surface area contributed by atoms with E-state index in [0.29, 0.717) is 43.6 Å². The summed E-state index contributed by atoms with van der Waals surface area (Å²) >= 11 is 8.71. The Morgan fingerprint density at radius 2 is 2.05 bits per heavy atom. The highest BCUT2D eigenvalue weighted by molar-refractivity contribution is 14.1. The molecule has 1 aromatic carbocycles. The molecule has 2 aromatic heterocycles. The molecule has 1 aliphatic rings. The maximum atomic E-state index is 14.2. The molecule has 3 heterocycles. The molecule has 3 aromatic rings. The first-order chi connectivity index (χ1) is 18.0. The molecule has 0 saturated carbocycles. The molecule has 1 aliphatic heterocycles. The van der Waals surface area contributed by atoms with Crippen LogP contribution in [-0.4, -0.2) is 60.7 Å². The highest BCUT2D eigenvalue weighted by Gasteiger charge is 2.17. The number of hydrogen-bond acceptors (Lipinski definition) is 9. The zero-order chi connectivity index (χ0) is 26.0. The van der Waals surface area contributed by atoms with Gasteiger partial charge in [0.25, 0.3) is 0 Å². The summed E-state index contributed by atoms with van der Waals surface area (Å²) in [5, 5.41) is 8.14. The summed E-state index contributed by atoms with van der Waals surface area (Å²) in [7, 11) is 1.73. The largest absolute Gasteiger partial charge is 0.380 e. The van der Waals surface area contributed by atoms with Crippen LogP contribution in [0.25, 0.3) is 3.58 Å². The molecular formula is C25H25ClFIN8O. The lowest BCUT2D eigenvalue weighted by molar-refractivity contribution is 0.122. The third-order valence-electron chi connectivity index (χ3n) is 5.34. The molecule has 0 unspecified atom stereocenters. The molecule has 37 heavy (non-hydrogen) atoms. The second-order valence-electron chi connectivity index (χ2n) is 7.90. The SMILES string of the molecule is CN=C/C=C(\I)c1ccc(CNc2ccc(/C=N/Nc3ncc(F)c(N4CCOCC4)n3)nc2)cc1Cl. The normalized spacial score (nSPS) is 14.5. The van der Waals surface area contributed by atoms with Gasteiger partial charge in [-0.1, -0.05) is 23.7 Å². The molecule has 0 radical (unpaired) electrons. The Labute approximate surface area is 233 Å². The molecule has 1 saturated heterocycles. The van der Waals surface area contributed by atoms with E-state index in [1.807, 2.05) is 41.3 Å². The molecule has 0 bridgehead atoms. The van der Waals surface area contributed by atoms with Crippen molar-refractivity contribution in [2.45, 2.75) is 6.54 Å². The fourth-order valence-electron chi connectivity index (χ4n) is 3.45. The number of nitrogens with one attached hydrogen (secondary N) is 2. The minimum absolute atomic E-state index is 0.200. The monoisotopic (exact) mass is 634 g/mol. The van der Waals surface area contributed by atoms with Crippen LogP contribution >= 0.6 is 34.2 Å². The van der Waals surface area contributed by atoms with Crippen molar-refractivity contribution in [3.05, 3.63) is 76.5 Å². The average Bonchev–Trinajstić information content (AvgIpc) is 2.92. The van der Waals surface area contributed by atoms with Crippen molar-refractivity contribution >= 4 is 67.7 Å². The van der Waals surface area contributed by atoms with E-state index in [1.54, 1.807) is 25.7 Å². The maximum Gasteiger partial charge on any atom is 0.245 e. The number of halogens is 3. The summed E-state index contributed by atoms with van der Waals surface area (Å²) in [5.41, 5.74) is 6.24. The van der Waals surface area contributed by atoms with E-state index in [0.717, 1.165) is 26.6 Å². The predicted molar refractivity (Wildman–Crippen MR) is 156 cm³/mol. The molecular weight excluding hydrogens is 610 g/mol. The second kappa shape index (κ2) is 13.4. The minimum Gasteiger partial charge on any atom is -0.380 e. The van der Waals surface area contributed by atoms with Crippen LogP contribution in [0.3, 0.4) is 0 Å². The number of anilines is 3. The van der Waals surface area contributed by atoms with Crippen molar-refractivity contribution in [3.8, 4) is 0 Å². The third-order valence-corrected chi connectivity index (χ3v) is 6.59. The fourth-order valence-corrected chi connectivity index (χ4v) is 4.54. The lowest BCUT2D eigenvalue weighted by Crippen LogP contribution is -2.37. The fraction of sp³-hybridized carbons (Fsp3) is 0.240. The molecule has 12 heteroatoms. The Kier molecular flexibility index (Phi) is 9.74. The van der Waals surface area contributed by atoms with Crippen LogP contribution in [0.15, 0.2) is 58.9 Å². The first-order valence-electron chi connectivity index (χ1n) is 11.4. The van der Waals surface area contributed by atoms with Crippen LogP contribution < -0.4 is 15.6 Å². The molecule has 0 atom stereocenters. The molecule has 9 nitrogen and oxygen atoms in total. The van der Waals surface area contributed by atoms with Gasteiger partial charge in [0, 0.05) is 47.1 Å². The molecule has 2 N–H and O–H groups in total. The third kappa shape index (κ3) is 7.66. The summed E-state index contributed by atoms with van der Waals surface area (Å²) < 4.78 is 20.5. The molecule has 1 fully saturated rings. The van der Waals surface area contributed by atoms with Crippen LogP contribution in [-0.2, 0) is 11.3 Å². The number of aliphatic imine (C=N–C) groups is 1. The number of aromatic nitrogens is 3. The Morgan fingerprint density at radius 1 is 1.22 bits per heavy atom. The zero-order valence-corrected chi connectivity index (χ0v) is 22.9. The predicted octanol–water partition coefficient (Wildman–Crippen LogP) is 5.04. The van der Waals surface area contributed by atoms with Crippen LogP contribution in [0, 0.1) is 5.82 Å². The van der Waals surface area contributed by atoms with Gasteiger partial charge in [0.1, 0.15) is 0 Å². The number of morpholine rings is 1. The van der Waals surface area contributed by atoms with E-state index in [9.17, 15) is 4.39 Å².